The molecule has 2 aliphatic heterocycles. The van der Waals surface area contributed by atoms with Crippen LogP contribution in [0.2, 0.25) is 0 Å². The molecule has 16 heavy (non-hydrogen) atoms. The third kappa shape index (κ3) is 2.97. The number of carbonyl (C=O) groups is 1. The molecule has 0 aliphatic carbocycles. The first-order valence-corrected chi connectivity index (χ1v) is 6.82. The van der Waals surface area contributed by atoms with E-state index >= 15 is 0 Å². The molecular weight excluding hydrogens is 200 g/mol. The van der Waals surface area contributed by atoms with E-state index in [0.29, 0.717) is 11.9 Å². The normalized spacial score (nSPS) is 32.2. The van der Waals surface area contributed by atoms with Gasteiger partial charge in [-0.2, -0.15) is 0 Å². The Morgan fingerprint density at radius 1 is 1.06 bits per heavy atom. The lowest BCUT2D eigenvalue weighted by atomic mass is 9.98. The zero-order valence-electron chi connectivity index (χ0n) is 10.4. The van der Waals surface area contributed by atoms with Crippen molar-refractivity contribution in [1.82, 2.24) is 10.2 Å². The summed E-state index contributed by atoms with van der Waals surface area (Å²) in [6.45, 7) is 4.14. The second-order valence-electron chi connectivity index (χ2n) is 5.29. The van der Waals surface area contributed by atoms with Crippen molar-refractivity contribution < 1.29 is 4.79 Å². The molecule has 0 aromatic heterocycles. The standard InChI is InChI=1S/C13H24N2O/c1-11-7-6-8-12(14-11)13(16)15-9-4-2-3-5-10-15/h11-12,14H,2-10H2,1H3/t11-,12-/m0/s1. The topological polar surface area (TPSA) is 32.3 Å². The van der Waals surface area contributed by atoms with Gasteiger partial charge in [-0.25, -0.2) is 0 Å². The molecule has 2 heterocycles. The van der Waals surface area contributed by atoms with Gasteiger partial charge in [-0.1, -0.05) is 12.8 Å². The van der Waals surface area contributed by atoms with E-state index < -0.39 is 0 Å². The molecule has 2 rings (SSSR count). The van der Waals surface area contributed by atoms with Crippen LogP contribution in [0, 0.1) is 0 Å². The molecule has 0 aromatic rings. The van der Waals surface area contributed by atoms with Gasteiger partial charge in [-0.05, 0) is 39.0 Å². The highest BCUT2D eigenvalue weighted by Crippen LogP contribution is 2.17. The maximum absolute atomic E-state index is 12.3. The van der Waals surface area contributed by atoms with Crippen LogP contribution in [0.1, 0.15) is 51.9 Å². The molecule has 92 valence electrons. The van der Waals surface area contributed by atoms with E-state index in [1.54, 1.807) is 0 Å². The molecule has 0 radical (unpaired) electrons. The summed E-state index contributed by atoms with van der Waals surface area (Å²) in [5.74, 6) is 0.355. The fourth-order valence-corrected chi connectivity index (χ4v) is 2.84. The van der Waals surface area contributed by atoms with Gasteiger partial charge >= 0.3 is 0 Å². The molecule has 0 spiro atoms. The van der Waals surface area contributed by atoms with Crippen LogP contribution in [0.3, 0.4) is 0 Å². The number of rotatable bonds is 1. The van der Waals surface area contributed by atoms with Gasteiger partial charge in [0, 0.05) is 19.1 Å². The lowest BCUT2D eigenvalue weighted by Crippen LogP contribution is -2.51. The average Bonchev–Trinajstić information content (AvgIpc) is 2.56. The minimum absolute atomic E-state index is 0.0989. The minimum Gasteiger partial charge on any atom is -0.341 e. The first kappa shape index (κ1) is 11.9. The molecule has 0 unspecified atom stereocenters. The summed E-state index contributed by atoms with van der Waals surface area (Å²) >= 11 is 0. The van der Waals surface area contributed by atoms with Crippen molar-refractivity contribution in [3.63, 3.8) is 0 Å². The lowest BCUT2D eigenvalue weighted by molar-refractivity contribution is -0.134. The van der Waals surface area contributed by atoms with E-state index in [4.69, 9.17) is 0 Å². The van der Waals surface area contributed by atoms with E-state index in [1.807, 2.05) is 0 Å². The van der Waals surface area contributed by atoms with Crippen LogP contribution < -0.4 is 5.32 Å². The summed E-state index contributed by atoms with van der Waals surface area (Å²) < 4.78 is 0. The van der Waals surface area contributed by atoms with E-state index in [9.17, 15) is 4.79 Å². The number of nitrogens with one attached hydrogen (secondary N) is 1. The number of hydrogen-bond donors (Lipinski definition) is 1. The number of piperidine rings is 1. The minimum atomic E-state index is 0.0989. The number of likely N-dealkylation sites (tertiary alicyclic amines) is 1. The van der Waals surface area contributed by atoms with Crippen LogP contribution in [-0.4, -0.2) is 36.0 Å². The molecule has 0 saturated carbocycles. The number of carbonyl (C=O) groups excluding carboxylic acids is 1. The van der Waals surface area contributed by atoms with Gasteiger partial charge < -0.3 is 10.2 Å². The summed E-state index contributed by atoms with van der Waals surface area (Å²) in [4.78, 5) is 14.4. The Bertz CT molecular complexity index is 230. The first-order valence-electron chi connectivity index (χ1n) is 6.82. The van der Waals surface area contributed by atoms with Crippen molar-refractivity contribution in [3.8, 4) is 0 Å². The molecule has 2 atom stereocenters. The van der Waals surface area contributed by atoms with Gasteiger partial charge in [0.15, 0.2) is 0 Å². The Kier molecular flexibility index (Phi) is 4.22. The van der Waals surface area contributed by atoms with Gasteiger partial charge in [0.2, 0.25) is 5.91 Å². The summed E-state index contributed by atoms with van der Waals surface area (Å²) in [5, 5.41) is 3.44. The smallest absolute Gasteiger partial charge is 0.239 e. The highest BCUT2D eigenvalue weighted by atomic mass is 16.2. The number of hydrogen-bond acceptors (Lipinski definition) is 2. The Morgan fingerprint density at radius 3 is 2.38 bits per heavy atom. The fourth-order valence-electron chi connectivity index (χ4n) is 2.84. The molecule has 2 aliphatic rings. The van der Waals surface area contributed by atoms with Gasteiger partial charge in [-0.3, -0.25) is 4.79 Å². The zero-order valence-corrected chi connectivity index (χ0v) is 10.4. The average molecular weight is 224 g/mol. The Labute approximate surface area is 98.6 Å². The molecule has 2 saturated heterocycles. The van der Waals surface area contributed by atoms with Crippen molar-refractivity contribution in [2.75, 3.05) is 13.1 Å². The lowest BCUT2D eigenvalue weighted by Gasteiger charge is -2.32. The highest BCUT2D eigenvalue weighted by Gasteiger charge is 2.28. The van der Waals surface area contributed by atoms with Crippen LogP contribution in [-0.2, 0) is 4.79 Å². The van der Waals surface area contributed by atoms with Gasteiger partial charge in [0.05, 0.1) is 6.04 Å². The summed E-state index contributed by atoms with van der Waals surface area (Å²) in [6.07, 6.45) is 8.39. The monoisotopic (exact) mass is 224 g/mol. The number of amides is 1. The third-order valence-corrected chi connectivity index (χ3v) is 3.83. The molecular formula is C13H24N2O. The largest absolute Gasteiger partial charge is 0.341 e. The summed E-state index contributed by atoms with van der Waals surface area (Å²) in [5.41, 5.74) is 0. The SMILES string of the molecule is C[C@H]1CCC[C@@H](C(=O)N2CCCCCC2)N1. The highest BCUT2D eigenvalue weighted by molar-refractivity contribution is 5.82. The second-order valence-corrected chi connectivity index (χ2v) is 5.29. The Hall–Kier alpha value is -0.570. The molecule has 0 aromatic carbocycles. The summed E-state index contributed by atoms with van der Waals surface area (Å²) in [7, 11) is 0. The van der Waals surface area contributed by atoms with Crippen LogP contribution in [0.5, 0.6) is 0 Å². The zero-order chi connectivity index (χ0) is 11.4. The summed E-state index contributed by atoms with van der Waals surface area (Å²) in [6, 6.07) is 0.608. The van der Waals surface area contributed by atoms with Crippen LogP contribution in [0.25, 0.3) is 0 Å². The van der Waals surface area contributed by atoms with Gasteiger partial charge in [0.1, 0.15) is 0 Å². The molecule has 1 N–H and O–H groups in total. The third-order valence-electron chi connectivity index (χ3n) is 3.83. The molecule has 2 fully saturated rings. The van der Waals surface area contributed by atoms with Crippen molar-refractivity contribution in [2.24, 2.45) is 0 Å². The van der Waals surface area contributed by atoms with Crippen molar-refractivity contribution >= 4 is 5.91 Å². The fraction of sp³-hybridized carbons (Fsp3) is 0.923. The van der Waals surface area contributed by atoms with E-state index in [0.717, 1.165) is 19.5 Å². The van der Waals surface area contributed by atoms with Crippen molar-refractivity contribution in [2.45, 2.75) is 64.0 Å². The van der Waals surface area contributed by atoms with E-state index in [2.05, 4.69) is 17.1 Å². The van der Waals surface area contributed by atoms with Crippen molar-refractivity contribution in [1.29, 1.82) is 0 Å². The molecule has 3 heteroatoms. The quantitative estimate of drug-likeness (QED) is 0.738. The number of nitrogens with zero attached hydrogens (tertiary/aromatic N) is 1. The first-order chi connectivity index (χ1) is 7.77. The van der Waals surface area contributed by atoms with Gasteiger partial charge in [0.25, 0.3) is 0 Å². The predicted octanol–water partition coefficient (Wildman–Crippen LogP) is 1.92. The molecule has 1 amide bonds. The Morgan fingerprint density at radius 2 is 1.75 bits per heavy atom. The molecule has 0 bridgehead atoms. The van der Waals surface area contributed by atoms with E-state index in [1.165, 1.54) is 38.5 Å². The van der Waals surface area contributed by atoms with Crippen LogP contribution in [0.15, 0.2) is 0 Å². The second kappa shape index (κ2) is 5.67. The van der Waals surface area contributed by atoms with Gasteiger partial charge in [-0.15, -0.1) is 0 Å². The maximum Gasteiger partial charge on any atom is 0.239 e. The Balaban J connectivity index is 1.89. The maximum atomic E-state index is 12.3. The van der Waals surface area contributed by atoms with Crippen molar-refractivity contribution in [3.05, 3.63) is 0 Å². The van der Waals surface area contributed by atoms with E-state index in [-0.39, 0.29) is 6.04 Å². The molecule has 3 nitrogen and oxygen atoms in total. The predicted molar refractivity (Wildman–Crippen MR) is 65.3 cm³/mol. The van der Waals surface area contributed by atoms with Crippen LogP contribution >= 0.6 is 0 Å². The van der Waals surface area contributed by atoms with Crippen LogP contribution in [0.4, 0.5) is 0 Å².